The molecule has 0 radical (unpaired) electrons. The molecule has 0 spiro atoms. The summed E-state index contributed by atoms with van der Waals surface area (Å²) >= 11 is 1.41. The Labute approximate surface area is 152 Å². The molecule has 4 rings (SSSR count). The van der Waals surface area contributed by atoms with Gasteiger partial charge in [-0.1, -0.05) is 48.5 Å². The van der Waals surface area contributed by atoms with Crippen molar-refractivity contribution in [2.45, 2.75) is 0 Å². The normalized spacial score (nSPS) is 10.8. The van der Waals surface area contributed by atoms with Gasteiger partial charge in [0.25, 0.3) is 0 Å². The molecular formula is C20H14N2O3S. The zero-order chi connectivity index (χ0) is 17.9. The Morgan fingerprint density at radius 2 is 1.85 bits per heavy atom. The second-order valence-electron chi connectivity index (χ2n) is 5.67. The number of fused-ring (bicyclic) bond motifs is 1. The molecule has 0 fully saturated rings. The number of carbonyl (C=O) groups excluding carboxylic acids is 1. The third-order valence-corrected chi connectivity index (χ3v) is 4.72. The van der Waals surface area contributed by atoms with Crippen LogP contribution in [0.2, 0.25) is 0 Å². The summed E-state index contributed by atoms with van der Waals surface area (Å²) in [7, 11) is 0. The maximum absolute atomic E-state index is 12.4. The van der Waals surface area contributed by atoms with Crippen LogP contribution in [0.3, 0.4) is 0 Å². The number of ketones is 1. The summed E-state index contributed by atoms with van der Waals surface area (Å²) in [6, 6.07) is 18.5. The molecule has 0 amide bonds. The molecule has 5 nitrogen and oxygen atoms in total. The Hall–Kier alpha value is -3.25. The topological polar surface area (TPSA) is 72.2 Å². The lowest BCUT2D eigenvalue weighted by molar-refractivity contribution is 0.100. The number of thiazole rings is 1. The van der Waals surface area contributed by atoms with Gasteiger partial charge in [-0.2, -0.15) is 0 Å². The average molecular weight is 362 g/mol. The fraction of sp³-hybridized carbons (Fsp3) is 0.0500. The van der Waals surface area contributed by atoms with Gasteiger partial charge in [-0.05, 0) is 12.1 Å². The van der Waals surface area contributed by atoms with Gasteiger partial charge in [0.15, 0.2) is 10.9 Å². The molecule has 0 saturated heterocycles. The highest BCUT2D eigenvalue weighted by molar-refractivity contribution is 7.14. The van der Waals surface area contributed by atoms with Crippen LogP contribution in [0, 0.1) is 0 Å². The molecule has 0 aliphatic carbocycles. The lowest BCUT2D eigenvalue weighted by atomic mass is 10.1. The average Bonchev–Trinajstić information content (AvgIpc) is 3.15. The van der Waals surface area contributed by atoms with Crippen LogP contribution in [0.25, 0.3) is 22.2 Å². The van der Waals surface area contributed by atoms with E-state index in [1.54, 1.807) is 24.3 Å². The first-order valence-corrected chi connectivity index (χ1v) is 8.89. The maximum Gasteiger partial charge on any atom is 0.347 e. The second kappa shape index (κ2) is 6.93. The molecule has 0 unspecified atom stereocenters. The number of aromatic nitrogens is 1. The number of para-hydroxylation sites is 1. The SMILES string of the molecule is O=C(CNc1nc(-c2ccccc2)cs1)c1cc2ccccc2oc1=O. The smallest absolute Gasteiger partial charge is 0.347 e. The van der Waals surface area contributed by atoms with Gasteiger partial charge in [0, 0.05) is 16.3 Å². The molecule has 6 heteroatoms. The van der Waals surface area contributed by atoms with E-state index >= 15 is 0 Å². The van der Waals surface area contributed by atoms with Gasteiger partial charge in [-0.3, -0.25) is 4.79 Å². The van der Waals surface area contributed by atoms with E-state index in [9.17, 15) is 9.59 Å². The maximum atomic E-state index is 12.4. The number of carbonyl (C=O) groups is 1. The van der Waals surface area contributed by atoms with Crippen molar-refractivity contribution in [3.05, 3.63) is 82.0 Å². The van der Waals surface area contributed by atoms with E-state index in [1.807, 2.05) is 41.8 Å². The second-order valence-corrected chi connectivity index (χ2v) is 6.52. The molecule has 2 heterocycles. The molecule has 0 saturated carbocycles. The number of nitrogens with zero attached hydrogens (tertiary/aromatic N) is 1. The van der Waals surface area contributed by atoms with Crippen LogP contribution in [-0.4, -0.2) is 17.3 Å². The largest absolute Gasteiger partial charge is 0.422 e. The lowest BCUT2D eigenvalue weighted by Gasteiger charge is -2.03. The number of hydrogen-bond donors (Lipinski definition) is 1. The highest BCUT2D eigenvalue weighted by Crippen LogP contribution is 2.24. The minimum absolute atomic E-state index is 0.0230. The Morgan fingerprint density at radius 3 is 2.69 bits per heavy atom. The Bertz CT molecular complexity index is 1130. The third kappa shape index (κ3) is 3.27. The number of benzene rings is 2. The first-order chi connectivity index (χ1) is 12.7. The van der Waals surface area contributed by atoms with E-state index < -0.39 is 5.63 Å². The van der Waals surface area contributed by atoms with Crippen LogP contribution in [0.15, 0.2) is 75.3 Å². The fourth-order valence-corrected chi connectivity index (χ4v) is 3.32. The molecule has 2 aromatic heterocycles. The van der Waals surface area contributed by atoms with E-state index in [0.29, 0.717) is 10.7 Å². The standard InChI is InChI=1S/C20H14N2O3S/c23-17(15-10-14-8-4-5-9-18(14)25-19(15)24)11-21-20-22-16(12-26-20)13-6-2-1-3-7-13/h1-10,12H,11H2,(H,21,22). The van der Waals surface area contributed by atoms with Crippen molar-refractivity contribution in [2.24, 2.45) is 0 Å². The van der Waals surface area contributed by atoms with Gasteiger partial charge in [-0.15, -0.1) is 11.3 Å². The minimum Gasteiger partial charge on any atom is -0.422 e. The van der Waals surface area contributed by atoms with Gasteiger partial charge in [0.2, 0.25) is 0 Å². The molecule has 0 aliphatic heterocycles. The first-order valence-electron chi connectivity index (χ1n) is 8.01. The van der Waals surface area contributed by atoms with Crippen LogP contribution < -0.4 is 10.9 Å². The van der Waals surface area contributed by atoms with Crippen LogP contribution in [0.5, 0.6) is 0 Å². The summed E-state index contributed by atoms with van der Waals surface area (Å²) in [5, 5.41) is 6.25. The Kier molecular flexibility index (Phi) is 4.33. The van der Waals surface area contributed by atoms with Crippen LogP contribution in [0.4, 0.5) is 5.13 Å². The predicted octanol–water partition coefficient (Wildman–Crippen LogP) is 4.21. The van der Waals surface area contributed by atoms with Crippen molar-refractivity contribution in [1.82, 2.24) is 4.98 Å². The van der Waals surface area contributed by atoms with E-state index in [-0.39, 0.29) is 17.9 Å². The van der Waals surface area contributed by atoms with Crippen molar-refractivity contribution in [3.8, 4) is 11.3 Å². The van der Waals surface area contributed by atoms with Gasteiger partial charge < -0.3 is 9.73 Å². The Balaban J connectivity index is 1.50. The molecule has 1 N–H and O–H groups in total. The summed E-state index contributed by atoms with van der Waals surface area (Å²) in [6.07, 6.45) is 0. The number of Topliss-reactive ketones (excluding diaryl/α,β-unsaturated/α-hetero) is 1. The van der Waals surface area contributed by atoms with Crippen molar-refractivity contribution in [2.75, 3.05) is 11.9 Å². The van der Waals surface area contributed by atoms with Crippen molar-refractivity contribution in [1.29, 1.82) is 0 Å². The molecule has 128 valence electrons. The summed E-state index contributed by atoms with van der Waals surface area (Å²) < 4.78 is 5.21. The highest BCUT2D eigenvalue weighted by atomic mass is 32.1. The summed E-state index contributed by atoms with van der Waals surface area (Å²) in [6.45, 7) is -0.0230. The zero-order valence-corrected chi connectivity index (χ0v) is 14.5. The van der Waals surface area contributed by atoms with E-state index in [2.05, 4.69) is 10.3 Å². The molecule has 4 aromatic rings. The number of anilines is 1. The summed E-state index contributed by atoms with van der Waals surface area (Å²) in [5.74, 6) is -0.332. The summed E-state index contributed by atoms with van der Waals surface area (Å²) in [4.78, 5) is 28.9. The van der Waals surface area contributed by atoms with Crippen molar-refractivity contribution in [3.63, 3.8) is 0 Å². The van der Waals surface area contributed by atoms with Gasteiger partial charge in [0.1, 0.15) is 11.1 Å². The monoisotopic (exact) mass is 362 g/mol. The van der Waals surface area contributed by atoms with Crippen LogP contribution in [0.1, 0.15) is 10.4 Å². The molecule has 0 atom stereocenters. The zero-order valence-electron chi connectivity index (χ0n) is 13.6. The Morgan fingerprint density at radius 1 is 1.08 bits per heavy atom. The first kappa shape index (κ1) is 16.2. The number of nitrogens with one attached hydrogen (secondary N) is 1. The van der Waals surface area contributed by atoms with Gasteiger partial charge in [-0.25, -0.2) is 9.78 Å². The minimum atomic E-state index is -0.625. The molecule has 2 aromatic carbocycles. The van der Waals surface area contributed by atoms with Crippen molar-refractivity contribution >= 4 is 33.2 Å². The van der Waals surface area contributed by atoms with Crippen LogP contribution in [-0.2, 0) is 0 Å². The fourth-order valence-electron chi connectivity index (χ4n) is 2.60. The summed E-state index contributed by atoms with van der Waals surface area (Å²) in [5.41, 5.74) is 1.74. The van der Waals surface area contributed by atoms with Crippen molar-refractivity contribution < 1.29 is 9.21 Å². The van der Waals surface area contributed by atoms with Gasteiger partial charge >= 0.3 is 5.63 Å². The highest BCUT2D eigenvalue weighted by Gasteiger charge is 2.14. The molecule has 0 bridgehead atoms. The third-order valence-electron chi connectivity index (χ3n) is 3.92. The molecular weight excluding hydrogens is 348 g/mol. The van der Waals surface area contributed by atoms with E-state index in [4.69, 9.17) is 4.42 Å². The van der Waals surface area contributed by atoms with Gasteiger partial charge in [0.05, 0.1) is 12.2 Å². The van der Waals surface area contributed by atoms with E-state index in [1.165, 1.54) is 11.3 Å². The quantitative estimate of drug-likeness (QED) is 0.425. The predicted molar refractivity (Wildman–Crippen MR) is 103 cm³/mol. The lowest BCUT2D eigenvalue weighted by Crippen LogP contribution is -2.21. The van der Waals surface area contributed by atoms with Crippen LogP contribution >= 0.6 is 11.3 Å². The van der Waals surface area contributed by atoms with E-state index in [0.717, 1.165) is 16.6 Å². The number of rotatable bonds is 5. The number of hydrogen-bond acceptors (Lipinski definition) is 6. The molecule has 0 aliphatic rings. The molecule has 26 heavy (non-hydrogen) atoms.